The van der Waals surface area contributed by atoms with Gasteiger partial charge in [-0.2, -0.15) is 0 Å². The maximum Gasteiger partial charge on any atom is 0.162 e. The summed E-state index contributed by atoms with van der Waals surface area (Å²) in [6.45, 7) is 14.9. The van der Waals surface area contributed by atoms with Crippen LogP contribution in [0.4, 0.5) is 0 Å². The van der Waals surface area contributed by atoms with Crippen molar-refractivity contribution < 1.29 is 18.9 Å². The van der Waals surface area contributed by atoms with Gasteiger partial charge in [0.1, 0.15) is 0 Å². The summed E-state index contributed by atoms with van der Waals surface area (Å²) in [5.41, 5.74) is 1.26. The average Bonchev–Trinajstić information content (AvgIpc) is 3.34. The van der Waals surface area contributed by atoms with Gasteiger partial charge in [-0.1, -0.05) is 39.0 Å². The third-order valence-electron chi connectivity index (χ3n) is 6.60. The Balaban J connectivity index is 1.47. The summed E-state index contributed by atoms with van der Waals surface area (Å²) in [5, 5.41) is 0. The molecule has 7 unspecified atom stereocenters. The smallest absolute Gasteiger partial charge is 0.162 e. The first-order valence-corrected chi connectivity index (χ1v) is 11.2. The summed E-state index contributed by atoms with van der Waals surface area (Å²) in [6, 6.07) is 0. The van der Waals surface area contributed by atoms with Crippen LogP contribution in [0, 0.1) is 17.8 Å². The zero-order valence-corrected chi connectivity index (χ0v) is 18.6. The van der Waals surface area contributed by atoms with E-state index in [2.05, 4.69) is 59.8 Å². The van der Waals surface area contributed by atoms with Gasteiger partial charge in [0.25, 0.3) is 0 Å². The molecule has 3 heterocycles. The minimum atomic E-state index is -0.114. The molecule has 28 heavy (non-hydrogen) atoms. The standard InChI is InChI=1S/C24H40O4/c1-16(9-7-10-17(2)21-18(3)11-12-19(4)27-21)15-24(6)22(28-24)20(5)23-25-13-8-14-26-23/h7,9-10,16,18-23H,8,11-15H2,1-6H3/b9-7+,17-10+. The SMILES string of the molecule is C/C(=C\C=C\C(C)CC1(C)OC1C(C)C1OCCCO1)C1OC(C)CCC1C. The molecule has 0 saturated carbocycles. The Morgan fingerprint density at radius 1 is 1.14 bits per heavy atom. The Hall–Kier alpha value is -0.680. The van der Waals surface area contributed by atoms with Gasteiger partial charge in [-0.05, 0) is 63.9 Å². The van der Waals surface area contributed by atoms with Gasteiger partial charge in [0.2, 0.25) is 0 Å². The van der Waals surface area contributed by atoms with Crippen LogP contribution in [0.25, 0.3) is 0 Å². The average molecular weight is 393 g/mol. The van der Waals surface area contributed by atoms with Crippen LogP contribution in [0.1, 0.15) is 67.2 Å². The van der Waals surface area contributed by atoms with Gasteiger partial charge in [0.15, 0.2) is 6.29 Å². The topological polar surface area (TPSA) is 40.2 Å². The van der Waals surface area contributed by atoms with Crippen LogP contribution in [-0.2, 0) is 18.9 Å². The van der Waals surface area contributed by atoms with Crippen LogP contribution in [0.2, 0.25) is 0 Å². The van der Waals surface area contributed by atoms with Crippen molar-refractivity contribution >= 4 is 0 Å². The molecule has 3 aliphatic heterocycles. The zero-order chi connectivity index (χ0) is 20.3. The van der Waals surface area contributed by atoms with Gasteiger partial charge in [-0.15, -0.1) is 0 Å². The fraction of sp³-hybridized carbons (Fsp3) is 0.833. The van der Waals surface area contributed by atoms with Gasteiger partial charge in [-0.25, -0.2) is 0 Å². The van der Waals surface area contributed by atoms with Crippen molar-refractivity contribution in [2.24, 2.45) is 17.8 Å². The molecule has 0 aromatic carbocycles. The Morgan fingerprint density at radius 2 is 1.86 bits per heavy atom. The Bertz CT molecular complexity index is 565. The van der Waals surface area contributed by atoms with Crippen molar-refractivity contribution in [1.82, 2.24) is 0 Å². The lowest BCUT2D eigenvalue weighted by molar-refractivity contribution is -0.204. The maximum absolute atomic E-state index is 6.16. The largest absolute Gasteiger partial charge is 0.371 e. The third-order valence-corrected chi connectivity index (χ3v) is 6.60. The van der Waals surface area contributed by atoms with E-state index >= 15 is 0 Å². The quantitative estimate of drug-likeness (QED) is 0.437. The molecule has 4 nitrogen and oxygen atoms in total. The lowest BCUT2D eigenvalue weighted by atomic mass is 9.88. The molecule has 3 saturated heterocycles. The van der Waals surface area contributed by atoms with Gasteiger partial charge < -0.3 is 18.9 Å². The summed E-state index contributed by atoms with van der Waals surface area (Å²) in [6.07, 6.45) is 11.9. The van der Waals surface area contributed by atoms with E-state index in [1.807, 2.05) is 0 Å². The molecular formula is C24H40O4. The predicted octanol–water partition coefficient (Wildman–Crippen LogP) is 5.28. The van der Waals surface area contributed by atoms with Crippen molar-refractivity contribution in [1.29, 1.82) is 0 Å². The molecule has 3 rings (SSSR count). The van der Waals surface area contributed by atoms with E-state index in [1.165, 1.54) is 18.4 Å². The molecule has 0 N–H and O–H groups in total. The van der Waals surface area contributed by atoms with E-state index in [1.54, 1.807) is 0 Å². The summed E-state index contributed by atoms with van der Waals surface area (Å²) in [7, 11) is 0. The molecule has 7 atom stereocenters. The highest BCUT2D eigenvalue weighted by molar-refractivity contribution is 5.17. The molecule has 0 spiro atoms. The van der Waals surface area contributed by atoms with Crippen LogP contribution in [0.5, 0.6) is 0 Å². The van der Waals surface area contributed by atoms with Crippen LogP contribution >= 0.6 is 0 Å². The molecule has 0 aromatic heterocycles. The van der Waals surface area contributed by atoms with E-state index < -0.39 is 0 Å². The van der Waals surface area contributed by atoms with Crippen LogP contribution in [-0.4, -0.2) is 43.4 Å². The fourth-order valence-corrected chi connectivity index (χ4v) is 4.89. The summed E-state index contributed by atoms with van der Waals surface area (Å²) < 4.78 is 23.8. The summed E-state index contributed by atoms with van der Waals surface area (Å²) in [5.74, 6) is 1.34. The molecule has 3 fully saturated rings. The molecule has 0 amide bonds. The van der Waals surface area contributed by atoms with Crippen LogP contribution in [0.15, 0.2) is 23.8 Å². The van der Waals surface area contributed by atoms with Crippen molar-refractivity contribution in [2.45, 2.75) is 97.4 Å². The highest BCUT2D eigenvalue weighted by Crippen LogP contribution is 2.47. The van der Waals surface area contributed by atoms with Crippen molar-refractivity contribution in [3.05, 3.63) is 23.8 Å². The monoisotopic (exact) mass is 392 g/mol. The molecular weight excluding hydrogens is 352 g/mol. The molecule has 4 heteroatoms. The number of epoxide rings is 1. The van der Waals surface area contributed by atoms with Gasteiger partial charge >= 0.3 is 0 Å². The molecule has 0 bridgehead atoms. The highest BCUT2D eigenvalue weighted by Gasteiger charge is 2.57. The van der Waals surface area contributed by atoms with Crippen LogP contribution in [0.3, 0.4) is 0 Å². The molecule has 0 aromatic rings. The summed E-state index contributed by atoms with van der Waals surface area (Å²) in [4.78, 5) is 0. The van der Waals surface area contributed by atoms with E-state index in [-0.39, 0.29) is 30.0 Å². The molecule has 3 aliphatic rings. The van der Waals surface area contributed by atoms with Crippen molar-refractivity contribution in [3.63, 3.8) is 0 Å². The predicted molar refractivity (Wildman–Crippen MR) is 112 cm³/mol. The zero-order valence-electron chi connectivity index (χ0n) is 18.6. The number of hydrogen-bond acceptors (Lipinski definition) is 4. The normalized spacial score (nSPS) is 39.9. The fourth-order valence-electron chi connectivity index (χ4n) is 4.89. The summed E-state index contributed by atoms with van der Waals surface area (Å²) >= 11 is 0. The minimum absolute atomic E-state index is 0.0669. The Kier molecular flexibility index (Phi) is 7.41. The second-order valence-electron chi connectivity index (χ2n) is 9.57. The highest BCUT2D eigenvalue weighted by atomic mass is 16.7. The third kappa shape index (κ3) is 5.47. The number of ether oxygens (including phenoxy) is 4. The molecule has 0 radical (unpaired) electrons. The van der Waals surface area contributed by atoms with Gasteiger partial charge in [0.05, 0.1) is 37.1 Å². The van der Waals surface area contributed by atoms with E-state index in [4.69, 9.17) is 18.9 Å². The first-order chi connectivity index (χ1) is 13.3. The Labute approximate surface area is 171 Å². The van der Waals surface area contributed by atoms with E-state index in [9.17, 15) is 0 Å². The maximum atomic E-state index is 6.16. The number of hydrogen-bond donors (Lipinski definition) is 0. The number of rotatable bonds is 7. The Morgan fingerprint density at radius 3 is 2.57 bits per heavy atom. The molecule has 160 valence electrons. The molecule has 0 aliphatic carbocycles. The van der Waals surface area contributed by atoms with Crippen LogP contribution < -0.4 is 0 Å². The first kappa shape index (κ1) is 22.0. The second kappa shape index (κ2) is 9.42. The lowest BCUT2D eigenvalue weighted by Gasteiger charge is -2.34. The first-order valence-electron chi connectivity index (χ1n) is 11.2. The van der Waals surface area contributed by atoms with Crippen molar-refractivity contribution in [2.75, 3.05) is 13.2 Å². The van der Waals surface area contributed by atoms with Crippen molar-refractivity contribution in [3.8, 4) is 0 Å². The number of allylic oxidation sites excluding steroid dienone is 3. The lowest BCUT2D eigenvalue weighted by Crippen LogP contribution is -2.35. The van der Waals surface area contributed by atoms with E-state index in [0.29, 0.717) is 17.9 Å². The van der Waals surface area contributed by atoms with Gasteiger partial charge in [0, 0.05) is 5.92 Å². The second-order valence-corrected chi connectivity index (χ2v) is 9.57. The van der Waals surface area contributed by atoms with E-state index in [0.717, 1.165) is 26.1 Å². The van der Waals surface area contributed by atoms with Gasteiger partial charge in [-0.3, -0.25) is 0 Å². The minimum Gasteiger partial charge on any atom is -0.371 e.